The van der Waals surface area contributed by atoms with Gasteiger partial charge in [-0.2, -0.15) is 0 Å². The van der Waals surface area contributed by atoms with Gasteiger partial charge in [0, 0.05) is 37.4 Å². The normalized spacial score (nSPS) is 10.3. The quantitative estimate of drug-likeness (QED) is 0.644. The van der Waals surface area contributed by atoms with Crippen LogP contribution in [0.5, 0.6) is 5.75 Å². The Balaban J connectivity index is 1.54. The average Bonchev–Trinajstić information content (AvgIpc) is 2.73. The van der Waals surface area contributed by atoms with Crippen molar-refractivity contribution in [2.75, 3.05) is 19.0 Å². The number of carbonyl (C=O) groups excluding carboxylic acids is 1. The van der Waals surface area contributed by atoms with Gasteiger partial charge in [-0.3, -0.25) is 14.8 Å². The molecule has 0 aliphatic heterocycles. The Bertz CT molecular complexity index is 884. The first kappa shape index (κ1) is 18.4. The third-order valence-electron chi connectivity index (χ3n) is 4.11. The van der Waals surface area contributed by atoms with E-state index in [2.05, 4.69) is 20.6 Å². The molecule has 3 aromatic rings. The van der Waals surface area contributed by atoms with Crippen LogP contribution in [0.4, 0.5) is 5.69 Å². The summed E-state index contributed by atoms with van der Waals surface area (Å²) in [5, 5.41) is 6.20. The number of aromatic nitrogens is 2. The number of benzene rings is 1. The van der Waals surface area contributed by atoms with Crippen LogP contribution in [-0.2, 0) is 13.0 Å². The number of nitrogens with one attached hydrogen (secondary N) is 2. The lowest BCUT2D eigenvalue weighted by atomic mass is 10.1. The van der Waals surface area contributed by atoms with Gasteiger partial charge in [0.2, 0.25) is 0 Å². The number of carbonyl (C=O) groups is 1. The van der Waals surface area contributed by atoms with E-state index in [1.807, 2.05) is 42.5 Å². The van der Waals surface area contributed by atoms with E-state index in [-0.39, 0.29) is 5.91 Å². The molecule has 0 saturated carbocycles. The van der Waals surface area contributed by atoms with E-state index >= 15 is 0 Å². The molecule has 0 atom stereocenters. The molecule has 2 aromatic heterocycles. The van der Waals surface area contributed by atoms with E-state index in [1.54, 1.807) is 31.8 Å². The van der Waals surface area contributed by atoms with E-state index in [0.717, 1.165) is 22.6 Å². The van der Waals surface area contributed by atoms with Crippen LogP contribution in [0.15, 0.2) is 67.1 Å². The highest BCUT2D eigenvalue weighted by Gasteiger charge is 2.08. The van der Waals surface area contributed by atoms with Crippen LogP contribution in [0.25, 0.3) is 0 Å². The Morgan fingerprint density at radius 1 is 1.07 bits per heavy atom. The summed E-state index contributed by atoms with van der Waals surface area (Å²) in [5.74, 6) is 0.629. The van der Waals surface area contributed by atoms with Gasteiger partial charge < -0.3 is 15.4 Å². The topological polar surface area (TPSA) is 76.1 Å². The highest BCUT2D eigenvalue weighted by Crippen LogP contribution is 2.17. The van der Waals surface area contributed by atoms with E-state index in [1.165, 1.54) is 0 Å². The third kappa shape index (κ3) is 5.28. The molecule has 1 amide bonds. The highest BCUT2D eigenvalue weighted by atomic mass is 16.5. The Kier molecular flexibility index (Phi) is 6.35. The number of hydrogen-bond donors (Lipinski definition) is 2. The van der Waals surface area contributed by atoms with Gasteiger partial charge in [-0.1, -0.05) is 18.2 Å². The maximum absolute atomic E-state index is 12.4. The minimum absolute atomic E-state index is 0.197. The van der Waals surface area contributed by atoms with Crippen molar-refractivity contribution in [3.05, 3.63) is 83.9 Å². The molecule has 0 aliphatic carbocycles. The largest absolute Gasteiger partial charge is 0.496 e. The van der Waals surface area contributed by atoms with E-state index in [4.69, 9.17) is 4.74 Å². The SMILES string of the molecule is COc1ccccc1CCNC(=O)c1cc(NCc2ccncc2)ccn1. The molecule has 0 saturated heterocycles. The Hall–Kier alpha value is -3.41. The number of hydrogen-bond acceptors (Lipinski definition) is 5. The van der Waals surface area contributed by atoms with Crippen molar-refractivity contribution in [3.8, 4) is 5.75 Å². The highest BCUT2D eigenvalue weighted by molar-refractivity contribution is 5.93. The number of rotatable bonds is 8. The van der Waals surface area contributed by atoms with Gasteiger partial charge in [0.25, 0.3) is 5.91 Å². The number of nitrogens with zero attached hydrogens (tertiary/aromatic N) is 2. The monoisotopic (exact) mass is 362 g/mol. The van der Waals surface area contributed by atoms with Crippen molar-refractivity contribution >= 4 is 11.6 Å². The zero-order valence-corrected chi connectivity index (χ0v) is 15.2. The van der Waals surface area contributed by atoms with Crippen molar-refractivity contribution in [2.24, 2.45) is 0 Å². The zero-order chi connectivity index (χ0) is 18.9. The van der Waals surface area contributed by atoms with Crippen LogP contribution < -0.4 is 15.4 Å². The van der Waals surface area contributed by atoms with Crippen LogP contribution in [0.1, 0.15) is 21.6 Å². The van der Waals surface area contributed by atoms with Crippen LogP contribution >= 0.6 is 0 Å². The summed E-state index contributed by atoms with van der Waals surface area (Å²) in [7, 11) is 1.64. The lowest BCUT2D eigenvalue weighted by Gasteiger charge is -2.10. The van der Waals surface area contributed by atoms with Gasteiger partial charge >= 0.3 is 0 Å². The van der Waals surface area contributed by atoms with Crippen LogP contribution in [-0.4, -0.2) is 29.5 Å². The van der Waals surface area contributed by atoms with Gasteiger partial charge in [-0.25, -0.2) is 0 Å². The average molecular weight is 362 g/mol. The lowest BCUT2D eigenvalue weighted by molar-refractivity contribution is 0.0949. The number of ether oxygens (including phenoxy) is 1. The molecule has 0 unspecified atom stereocenters. The summed E-state index contributed by atoms with van der Waals surface area (Å²) in [6, 6.07) is 15.3. The molecule has 0 bridgehead atoms. The van der Waals surface area contributed by atoms with Crippen LogP contribution in [0, 0.1) is 0 Å². The van der Waals surface area contributed by atoms with Crippen molar-refractivity contribution in [2.45, 2.75) is 13.0 Å². The fourth-order valence-corrected chi connectivity index (χ4v) is 2.68. The molecule has 1 aromatic carbocycles. The summed E-state index contributed by atoms with van der Waals surface area (Å²) in [5.41, 5.74) is 3.40. The first-order valence-corrected chi connectivity index (χ1v) is 8.75. The molecule has 6 nitrogen and oxygen atoms in total. The molecular formula is C21H22N4O2. The number of pyridine rings is 2. The van der Waals surface area contributed by atoms with Gasteiger partial charge in [0.05, 0.1) is 7.11 Å². The Labute approximate surface area is 158 Å². The number of amides is 1. The fraction of sp³-hybridized carbons (Fsp3) is 0.190. The van der Waals surface area contributed by atoms with Crippen molar-refractivity contribution in [1.29, 1.82) is 0 Å². The van der Waals surface area contributed by atoms with E-state index in [9.17, 15) is 4.79 Å². The maximum Gasteiger partial charge on any atom is 0.269 e. The maximum atomic E-state index is 12.4. The van der Waals surface area contributed by atoms with Gasteiger partial charge in [0.1, 0.15) is 11.4 Å². The second kappa shape index (κ2) is 9.33. The Morgan fingerprint density at radius 3 is 2.70 bits per heavy atom. The molecular weight excluding hydrogens is 340 g/mol. The molecule has 0 aliphatic rings. The lowest BCUT2D eigenvalue weighted by Crippen LogP contribution is -2.26. The summed E-state index contributed by atoms with van der Waals surface area (Å²) in [4.78, 5) is 20.5. The number of para-hydroxylation sites is 1. The standard InChI is InChI=1S/C21H22N4O2/c1-27-20-5-3-2-4-17(20)8-12-24-21(26)19-14-18(9-13-23-19)25-15-16-6-10-22-11-7-16/h2-7,9-11,13-14H,8,12,15H2,1H3,(H,23,25)(H,24,26). The molecule has 0 radical (unpaired) electrons. The minimum atomic E-state index is -0.197. The molecule has 0 fully saturated rings. The molecule has 0 spiro atoms. The molecule has 2 N–H and O–H groups in total. The van der Waals surface area contributed by atoms with Crippen LogP contribution in [0.3, 0.4) is 0 Å². The molecule has 138 valence electrons. The van der Waals surface area contributed by atoms with E-state index in [0.29, 0.717) is 25.2 Å². The first-order valence-electron chi connectivity index (χ1n) is 8.75. The Morgan fingerprint density at radius 2 is 1.89 bits per heavy atom. The smallest absolute Gasteiger partial charge is 0.269 e. The van der Waals surface area contributed by atoms with Gasteiger partial charge in [-0.15, -0.1) is 0 Å². The number of anilines is 1. The minimum Gasteiger partial charge on any atom is -0.496 e. The second-order valence-corrected chi connectivity index (χ2v) is 5.96. The van der Waals surface area contributed by atoms with Crippen molar-refractivity contribution in [3.63, 3.8) is 0 Å². The third-order valence-corrected chi connectivity index (χ3v) is 4.11. The van der Waals surface area contributed by atoms with E-state index < -0.39 is 0 Å². The summed E-state index contributed by atoms with van der Waals surface area (Å²) in [6.45, 7) is 1.16. The second-order valence-electron chi connectivity index (χ2n) is 5.96. The molecule has 3 rings (SSSR count). The summed E-state index contributed by atoms with van der Waals surface area (Å²) in [6.07, 6.45) is 5.83. The van der Waals surface area contributed by atoms with Gasteiger partial charge in [-0.05, 0) is 47.9 Å². The molecule has 2 heterocycles. The van der Waals surface area contributed by atoms with Crippen molar-refractivity contribution < 1.29 is 9.53 Å². The zero-order valence-electron chi connectivity index (χ0n) is 15.2. The fourth-order valence-electron chi connectivity index (χ4n) is 2.68. The summed E-state index contributed by atoms with van der Waals surface area (Å²) >= 11 is 0. The molecule has 6 heteroatoms. The van der Waals surface area contributed by atoms with Crippen molar-refractivity contribution in [1.82, 2.24) is 15.3 Å². The van der Waals surface area contributed by atoms with Crippen LogP contribution in [0.2, 0.25) is 0 Å². The van der Waals surface area contributed by atoms with Gasteiger partial charge in [0.15, 0.2) is 0 Å². The number of methoxy groups -OCH3 is 1. The predicted octanol–water partition coefficient (Wildman–Crippen LogP) is 3.07. The molecule has 27 heavy (non-hydrogen) atoms. The summed E-state index contributed by atoms with van der Waals surface area (Å²) < 4.78 is 5.33. The first-order chi connectivity index (χ1) is 13.3. The predicted molar refractivity (Wildman–Crippen MR) is 105 cm³/mol.